The Morgan fingerprint density at radius 3 is 2.29 bits per heavy atom. The molecule has 3 aromatic carbocycles. The van der Waals surface area contributed by atoms with Crippen molar-refractivity contribution in [2.75, 3.05) is 31.6 Å². The molecule has 0 aliphatic carbocycles. The van der Waals surface area contributed by atoms with E-state index in [-0.39, 0.29) is 10.8 Å². The quantitative estimate of drug-likeness (QED) is 0.735. The zero-order valence-corrected chi connectivity index (χ0v) is 16.0. The molecular weight excluding hydrogens is 376 g/mol. The van der Waals surface area contributed by atoms with Gasteiger partial charge in [-0.2, -0.15) is 4.31 Å². The zero-order valence-electron chi connectivity index (χ0n) is 15.2. The number of carbonyl (C=O) groups excluding carboxylic acids is 1. The number of hydrogen-bond donors (Lipinski definition) is 1. The molecule has 1 amide bonds. The standard InChI is InChI=1S/C21H20N2O4S/c24-21(22-19-8-5-16-3-1-2-4-18(16)15-19)17-6-9-20(10-7-17)28(25,26)23-11-13-27-14-12-23/h1-10,15H,11-14H2,(H,22,24). The molecule has 1 N–H and O–H groups in total. The molecule has 0 saturated carbocycles. The van der Waals surface area contributed by atoms with Crippen LogP contribution < -0.4 is 5.32 Å². The molecule has 0 aromatic heterocycles. The van der Waals surface area contributed by atoms with Crippen molar-refractivity contribution in [1.82, 2.24) is 4.31 Å². The van der Waals surface area contributed by atoms with Crippen molar-refractivity contribution in [2.24, 2.45) is 0 Å². The van der Waals surface area contributed by atoms with E-state index >= 15 is 0 Å². The summed E-state index contributed by atoms with van der Waals surface area (Å²) in [6, 6.07) is 19.6. The number of amides is 1. The van der Waals surface area contributed by atoms with Gasteiger partial charge < -0.3 is 10.1 Å². The molecule has 0 radical (unpaired) electrons. The highest BCUT2D eigenvalue weighted by Gasteiger charge is 2.26. The van der Waals surface area contributed by atoms with Gasteiger partial charge >= 0.3 is 0 Å². The third-order valence-electron chi connectivity index (χ3n) is 4.73. The van der Waals surface area contributed by atoms with Crippen LogP contribution >= 0.6 is 0 Å². The van der Waals surface area contributed by atoms with Crippen LogP contribution in [0.5, 0.6) is 0 Å². The van der Waals surface area contributed by atoms with Gasteiger partial charge in [0.2, 0.25) is 10.0 Å². The van der Waals surface area contributed by atoms with Crippen molar-refractivity contribution < 1.29 is 17.9 Å². The number of fused-ring (bicyclic) bond motifs is 1. The molecule has 144 valence electrons. The third-order valence-corrected chi connectivity index (χ3v) is 6.64. The summed E-state index contributed by atoms with van der Waals surface area (Å²) < 4.78 is 31.9. The lowest BCUT2D eigenvalue weighted by atomic mass is 10.1. The van der Waals surface area contributed by atoms with Gasteiger partial charge in [-0.05, 0) is 47.2 Å². The van der Waals surface area contributed by atoms with E-state index < -0.39 is 10.0 Å². The molecular formula is C21H20N2O4S. The molecule has 0 bridgehead atoms. The van der Waals surface area contributed by atoms with Crippen LogP contribution in [0.1, 0.15) is 10.4 Å². The van der Waals surface area contributed by atoms with E-state index in [0.29, 0.717) is 37.6 Å². The second kappa shape index (κ2) is 7.71. The van der Waals surface area contributed by atoms with Gasteiger partial charge in [-0.3, -0.25) is 4.79 Å². The molecule has 1 aliphatic rings. The molecule has 0 unspecified atom stereocenters. The molecule has 28 heavy (non-hydrogen) atoms. The smallest absolute Gasteiger partial charge is 0.255 e. The summed E-state index contributed by atoms with van der Waals surface area (Å²) in [6.07, 6.45) is 0. The Hall–Kier alpha value is -2.74. The highest BCUT2D eigenvalue weighted by molar-refractivity contribution is 7.89. The first-order valence-corrected chi connectivity index (χ1v) is 10.5. The third kappa shape index (κ3) is 3.77. The molecule has 0 atom stereocenters. The minimum atomic E-state index is -3.57. The van der Waals surface area contributed by atoms with Crippen LogP contribution in [0.15, 0.2) is 71.6 Å². The summed E-state index contributed by atoms with van der Waals surface area (Å²) >= 11 is 0. The van der Waals surface area contributed by atoms with E-state index in [4.69, 9.17) is 4.74 Å². The van der Waals surface area contributed by atoms with Crippen LogP contribution in [0, 0.1) is 0 Å². The fourth-order valence-corrected chi connectivity index (χ4v) is 4.59. The normalized spacial score (nSPS) is 15.4. The average Bonchev–Trinajstić information content (AvgIpc) is 2.74. The largest absolute Gasteiger partial charge is 0.379 e. The van der Waals surface area contributed by atoms with Gasteiger partial charge in [0.05, 0.1) is 18.1 Å². The van der Waals surface area contributed by atoms with Crippen LogP contribution in [0.25, 0.3) is 10.8 Å². The predicted molar refractivity (Wildman–Crippen MR) is 108 cm³/mol. The summed E-state index contributed by atoms with van der Waals surface area (Å²) in [5.41, 5.74) is 1.09. The minimum absolute atomic E-state index is 0.177. The first-order valence-electron chi connectivity index (χ1n) is 9.02. The summed E-state index contributed by atoms with van der Waals surface area (Å²) in [5, 5.41) is 4.99. The Balaban J connectivity index is 1.50. The van der Waals surface area contributed by atoms with Crippen molar-refractivity contribution in [1.29, 1.82) is 0 Å². The van der Waals surface area contributed by atoms with Crippen molar-refractivity contribution in [3.63, 3.8) is 0 Å². The Morgan fingerprint density at radius 2 is 1.57 bits per heavy atom. The first-order chi connectivity index (χ1) is 13.5. The van der Waals surface area contributed by atoms with Crippen molar-refractivity contribution in [3.05, 3.63) is 72.3 Å². The second-order valence-corrected chi connectivity index (χ2v) is 8.49. The van der Waals surface area contributed by atoms with Gasteiger partial charge in [-0.1, -0.05) is 30.3 Å². The van der Waals surface area contributed by atoms with Gasteiger partial charge in [-0.15, -0.1) is 0 Å². The van der Waals surface area contributed by atoms with Crippen LogP contribution in [0.4, 0.5) is 5.69 Å². The number of nitrogens with one attached hydrogen (secondary N) is 1. The fourth-order valence-electron chi connectivity index (χ4n) is 3.18. The molecule has 1 heterocycles. The van der Waals surface area contributed by atoms with E-state index in [0.717, 1.165) is 10.8 Å². The summed E-state index contributed by atoms with van der Waals surface area (Å²) in [5.74, 6) is -0.286. The Kier molecular flexibility index (Phi) is 5.13. The first kappa shape index (κ1) is 18.6. The molecule has 3 aromatic rings. The second-order valence-electron chi connectivity index (χ2n) is 6.56. The van der Waals surface area contributed by atoms with Gasteiger partial charge in [0.1, 0.15) is 0 Å². The Bertz CT molecular complexity index is 1100. The summed E-state index contributed by atoms with van der Waals surface area (Å²) in [7, 11) is -3.57. The minimum Gasteiger partial charge on any atom is -0.379 e. The fraction of sp³-hybridized carbons (Fsp3) is 0.190. The lowest BCUT2D eigenvalue weighted by Gasteiger charge is -2.26. The number of benzene rings is 3. The number of morpholine rings is 1. The molecule has 7 heteroatoms. The molecule has 6 nitrogen and oxygen atoms in total. The molecule has 4 rings (SSSR count). The van der Waals surface area contributed by atoms with Gasteiger partial charge in [-0.25, -0.2) is 8.42 Å². The number of hydrogen-bond acceptors (Lipinski definition) is 4. The van der Waals surface area contributed by atoms with E-state index in [1.165, 1.54) is 28.6 Å². The van der Waals surface area contributed by atoms with E-state index in [2.05, 4.69) is 5.32 Å². The number of sulfonamides is 1. The number of ether oxygens (including phenoxy) is 1. The van der Waals surface area contributed by atoms with Crippen LogP contribution in [-0.4, -0.2) is 44.9 Å². The molecule has 1 aliphatic heterocycles. The lowest BCUT2D eigenvalue weighted by Crippen LogP contribution is -2.40. The molecule has 1 saturated heterocycles. The summed E-state index contributed by atoms with van der Waals surface area (Å²) in [4.78, 5) is 12.7. The van der Waals surface area contributed by atoms with Crippen molar-refractivity contribution in [2.45, 2.75) is 4.90 Å². The monoisotopic (exact) mass is 396 g/mol. The van der Waals surface area contributed by atoms with Crippen LogP contribution in [0.3, 0.4) is 0 Å². The van der Waals surface area contributed by atoms with E-state index in [1.54, 1.807) is 0 Å². The average molecular weight is 396 g/mol. The van der Waals surface area contributed by atoms with E-state index in [1.807, 2.05) is 42.5 Å². The highest BCUT2D eigenvalue weighted by Crippen LogP contribution is 2.21. The van der Waals surface area contributed by atoms with Crippen molar-refractivity contribution in [3.8, 4) is 0 Å². The van der Waals surface area contributed by atoms with Gasteiger partial charge in [0.15, 0.2) is 0 Å². The van der Waals surface area contributed by atoms with Crippen LogP contribution in [0.2, 0.25) is 0 Å². The highest BCUT2D eigenvalue weighted by atomic mass is 32.2. The maximum absolute atomic E-state index is 12.7. The maximum atomic E-state index is 12.7. The Morgan fingerprint density at radius 1 is 0.893 bits per heavy atom. The topological polar surface area (TPSA) is 75.7 Å². The molecule has 1 fully saturated rings. The van der Waals surface area contributed by atoms with E-state index in [9.17, 15) is 13.2 Å². The lowest BCUT2D eigenvalue weighted by molar-refractivity contribution is 0.0730. The number of anilines is 1. The number of nitrogens with zero attached hydrogens (tertiary/aromatic N) is 1. The predicted octanol–water partition coefficient (Wildman–Crippen LogP) is 3.11. The van der Waals surface area contributed by atoms with Crippen LogP contribution in [-0.2, 0) is 14.8 Å². The molecule has 0 spiro atoms. The van der Waals surface area contributed by atoms with Gasteiger partial charge in [0, 0.05) is 24.3 Å². The number of rotatable bonds is 4. The van der Waals surface area contributed by atoms with Crippen molar-refractivity contribution >= 4 is 32.4 Å². The SMILES string of the molecule is O=C(Nc1ccc2ccccc2c1)c1ccc(S(=O)(=O)N2CCOCC2)cc1. The maximum Gasteiger partial charge on any atom is 0.255 e. The number of carbonyl (C=O) groups is 1. The zero-order chi connectivity index (χ0) is 19.6. The Labute approximate surface area is 163 Å². The summed E-state index contributed by atoms with van der Waals surface area (Å²) in [6.45, 7) is 1.47. The van der Waals surface area contributed by atoms with Gasteiger partial charge in [0.25, 0.3) is 5.91 Å².